The second-order valence-electron chi connectivity index (χ2n) is 6.34. The van der Waals surface area contributed by atoms with Crippen LogP contribution in [-0.2, 0) is 0 Å². The Morgan fingerprint density at radius 1 is 0.926 bits per heavy atom. The van der Waals surface area contributed by atoms with Gasteiger partial charge in [0, 0.05) is 31.8 Å². The van der Waals surface area contributed by atoms with Gasteiger partial charge in [-0.1, -0.05) is 12.1 Å². The highest BCUT2D eigenvalue weighted by atomic mass is 16.5. The van der Waals surface area contributed by atoms with Crippen LogP contribution in [0, 0.1) is 0 Å². The van der Waals surface area contributed by atoms with E-state index in [1.807, 2.05) is 36.2 Å². The summed E-state index contributed by atoms with van der Waals surface area (Å²) in [6.45, 7) is 1.20. The van der Waals surface area contributed by atoms with Crippen molar-refractivity contribution < 1.29 is 14.3 Å². The maximum atomic E-state index is 13.3. The highest BCUT2D eigenvalue weighted by Crippen LogP contribution is 2.32. The number of anilines is 2. The highest BCUT2D eigenvalue weighted by molar-refractivity contribution is 6.08. The van der Waals surface area contributed by atoms with Crippen LogP contribution in [0.5, 0.6) is 11.5 Å². The number of likely N-dealkylation sites (N-methyl/N-ethyl adjacent to an activating group) is 1. The zero-order valence-electron chi connectivity index (χ0n) is 15.5. The first-order chi connectivity index (χ1) is 13.1. The van der Waals surface area contributed by atoms with Crippen molar-refractivity contribution in [3.63, 3.8) is 0 Å². The average Bonchev–Trinajstić information content (AvgIpc) is 2.72. The molecule has 0 atom stereocenters. The topological polar surface area (TPSA) is 67.8 Å². The van der Waals surface area contributed by atoms with Gasteiger partial charge in [0.25, 0.3) is 5.91 Å². The number of carbonyl (C=O) groups is 1. The number of benzene rings is 2. The van der Waals surface area contributed by atoms with E-state index in [9.17, 15) is 4.79 Å². The lowest BCUT2D eigenvalue weighted by Crippen LogP contribution is -2.43. The van der Waals surface area contributed by atoms with Crippen LogP contribution in [0.1, 0.15) is 10.4 Å². The summed E-state index contributed by atoms with van der Waals surface area (Å²) in [4.78, 5) is 26.4. The monoisotopic (exact) mass is 364 g/mol. The van der Waals surface area contributed by atoms with E-state index in [1.54, 1.807) is 37.3 Å². The summed E-state index contributed by atoms with van der Waals surface area (Å²) in [6, 6.07) is 12.8. The van der Waals surface area contributed by atoms with E-state index in [0.717, 1.165) is 11.0 Å². The summed E-state index contributed by atoms with van der Waals surface area (Å²) in [5.41, 5.74) is 2.05. The molecule has 7 heteroatoms. The van der Waals surface area contributed by atoms with Gasteiger partial charge in [-0.3, -0.25) is 9.69 Å². The van der Waals surface area contributed by atoms with Gasteiger partial charge >= 0.3 is 0 Å². The first-order valence-electron chi connectivity index (χ1n) is 8.63. The Kier molecular flexibility index (Phi) is 4.27. The fraction of sp³-hybridized carbons (Fsp3) is 0.250. The number of aromatic nitrogens is 2. The van der Waals surface area contributed by atoms with Crippen LogP contribution >= 0.6 is 0 Å². The molecule has 0 unspecified atom stereocenters. The van der Waals surface area contributed by atoms with E-state index in [-0.39, 0.29) is 5.91 Å². The maximum Gasteiger partial charge on any atom is 0.259 e. The van der Waals surface area contributed by atoms with Crippen LogP contribution in [0.15, 0.2) is 42.5 Å². The van der Waals surface area contributed by atoms with Crippen molar-refractivity contribution >= 4 is 28.6 Å². The second kappa shape index (κ2) is 6.75. The molecular formula is C20H20N4O3. The number of para-hydroxylation sites is 2. The molecule has 0 spiro atoms. The molecule has 2 heterocycles. The van der Waals surface area contributed by atoms with Crippen LogP contribution in [0.2, 0.25) is 0 Å². The zero-order chi connectivity index (χ0) is 19.0. The zero-order valence-corrected chi connectivity index (χ0v) is 15.5. The second-order valence-corrected chi connectivity index (χ2v) is 6.34. The van der Waals surface area contributed by atoms with Crippen molar-refractivity contribution in [3.05, 3.63) is 48.0 Å². The van der Waals surface area contributed by atoms with Gasteiger partial charge in [-0.2, -0.15) is 0 Å². The fourth-order valence-electron chi connectivity index (χ4n) is 3.16. The Balaban J connectivity index is 1.80. The van der Waals surface area contributed by atoms with Gasteiger partial charge in [0.05, 0.1) is 25.3 Å². The summed E-state index contributed by atoms with van der Waals surface area (Å²) in [5, 5.41) is 0. The largest absolute Gasteiger partial charge is 0.497 e. The van der Waals surface area contributed by atoms with E-state index in [4.69, 9.17) is 19.4 Å². The van der Waals surface area contributed by atoms with Gasteiger partial charge in [-0.25, -0.2) is 9.97 Å². The third-order valence-corrected chi connectivity index (χ3v) is 4.65. The molecule has 0 radical (unpaired) electrons. The predicted molar refractivity (Wildman–Crippen MR) is 104 cm³/mol. The van der Waals surface area contributed by atoms with E-state index >= 15 is 0 Å². The Hall–Kier alpha value is -3.35. The molecule has 0 bridgehead atoms. The fourth-order valence-corrected chi connectivity index (χ4v) is 3.16. The van der Waals surface area contributed by atoms with Crippen LogP contribution in [0.25, 0.3) is 11.0 Å². The Bertz CT molecular complexity index is 999. The molecule has 2 aromatic carbocycles. The Morgan fingerprint density at radius 3 is 2.11 bits per heavy atom. The van der Waals surface area contributed by atoms with Crippen LogP contribution in [0.3, 0.4) is 0 Å². The third kappa shape index (κ3) is 3.01. The summed E-state index contributed by atoms with van der Waals surface area (Å²) in [7, 11) is 5.08. The maximum absolute atomic E-state index is 13.3. The summed E-state index contributed by atoms with van der Waals surface area (Å²) < 4.78 is 10.6. The number of amides is 1. The first-order valence-corrected chi connectivity index (χ1v) is 8.63. The SMILES string of the molecule is COc1cc(OC)cc(C(=O)N2CCN(C)c3nc4ccccc4nc32)c1. The molecule has 0 aliphatic carbocycles. The number of fused-ring (bicyclic) bond motifs is 2. The Morgan fingerprint density at radius 2 is 1.52 bits per heavy atom. The minimum absolute atomic E-state index is 0.161. The number of hydrogen-bond acceptors (Lipinski definition) is 6. The molecule has 7 nitrogen and oxygen atoms in total. The van der Waals surface area contributed by atoms with Gasteiger partial charge in [0.15, 0.2) is 11.6 Å². The molecule has 1 aliphatic rings. The lowest BCUT2D eigenvalue weighted by molar-refractivity contribution is 0.0985. The third-order valence-electron chi connectivity index (χ3n) is 4.65. The molecule has 1 aliphatic heterocycles. The highest BCUT2D eigenvalue weighted by Gasteiger charge is 2.29. The van der Waals surface area contributed by atoms with Crippen molar-refractivity contribution in [1.82, 2.24) is 9.97 Å². The predicted octanol–water partition coefficient (Wildman–Crippen LogP) is 2.74. The standard InChI is InChI=1S/C20H20N4O3/c1-23-8-9-24(19-18(23)21-16-6-4-5-7-17(16)22-19)20(25)13-10-14(26-2)12-15(11-13)27-3/h4-7,10-12H,8-9H2,1-3H3. The molecule has 0 saturated carbocycles. The van der Waals surface area contributed by atoms with E-state index in [2.05, 4.69) is 0 Å². The van der Waals surface area contributed by atoms with Gasteiger partial charge in [0.2, 0.25) is 0 Å². The van der Waals surface area contributed by atoms with Crippen molar-refractivity contribution in [2.75, 3.05) is 44.2 Å². The van der Waals surface area contributed by atoms with Crippen molar-refractivity contribution in [3.8, 4) is 11.5 Å². The quantitative estimate of drug-likeness (QED) is 0.712. The number of hydrogen-bond donors (Lipinski definition) is 0. The molecule has 0 N–H and O–H groups in total. The van der Waals surface area contributed by atoms with Crippen molar-refractivity contribution in [2.24, 2.45) is 0 Å². The number of rotatable bonds is 3. The Labute approximate surface area is 157 Å². The number of ether oxygens (including phenoxy) is 2. The molecule has 1 aromatic heterocycles. The van der Waals surface area contributed by atoms with Gasteiger partial charge in [0.1, 0.15) is 11.5 Å². The van der Waals surface area contributed by atoms with E-state index in [0.29, 0.717) is 41.8 Å². The molecular weight excluding hydrogens is 344 g/mol. The summed E-state index contributed by atoms with van der Waals surface area (Å²) in [5.74, 6) is 2.23. The molecule has 3 aromatic rings. The number of methoxy groups -OCH3 is 2. The normalized spacial score (nSPS) is 13.4. The molecule has 1 amide bonds. The van der Waals surface area contributed by atoms with Gasteiger partial charge in [-0.15, -0.1) is 0 Å². The van der Waals surface area contributed by atoms with Gasteiger partial charge < -0.3 is 14.4 Å². The number of nitrogens with zero attached hydrogens (tertiary/aromatic N) is 4. The average molecular weight is 364 g/mol. The van der Waals surface area contributed by atoms with Gasteiger partial charge in [-0.05, 0) is 24.3 Å². The van der Waals surface area contributed by atoms with Crippen molar-refractivity contribution in [2.45, 2.75) is 0 Å². The smallest absolute Gasteiger partial charge is 0.259 e. The van der Waals surface area contributed by atoms with Crippen LogP contribution in [0.4, 0.5) is 11.6 Å². The molecule has 138 valence electrons. The molecule has 0 fully saturated rings. The summed E-state index contributed by atoms with van der Waals surface area (Å²) in [6.07, 6.45) is 0. The minimum atomic E-state index is -0.161. The lowest BCUT2D eigenvalue weighted by atomic mass is 10.1. The van der Waals surface area contributed by atoms with E-state index in [1.165, 1.54) is 0 Å². The molecule has 27 heavy (non-hydrogen) atoms. The van der Waals surface area contributed by atoms with Crippen molar-refractivity contribution in [1.29, 1.82) is 0 Å². The summed E-state index contributed by atoms with van der Waals surface area (Å²) >= 11 is 0. The van der Waals surface area contributed by atoms with Crippen LogP contribution in [-0.4, -0.2) is 50.2 Å². The first kappa shape index (κ1) is 17.1. The minimum Gasteiger partial charge on any atom is -0.497 e. The van der Waals surface area contributed by atoms with Crippen LogP contribution < -0.4 is 19.3 Å². The van der Waals surface area contributed by atoms with E-state index < -0.39 is 0 Å². The number of carbonyl (C=O) groups excluding carboxylic acids is 1. The lowest BCUT2D eigenvalue weighted by Gasteiger charge is -2.33. The molecule has 0 saturated heterocycles. The molecule has 4 rings (SSSR count).